The summed E-state index contributed by atoms with van der Waals surface area (Å²) in [5.74, 6) is 0.189. The number of carbonyl (C=O) groups excluding carboxylic acids is 1. The van der Waals surface area contributed by atoms with Crippen molar-refractivity contribution in [2.45, 2.75) is 5.16 Å². The Morgan fingerprint density at radius 1 is 0.939 bits per heavy atom. The second-order valence-corrected chi connectivity index (χ2v) is 8.92. The van der Waals surface area contributed by atoms with Crippen LogP contribution in [0, 0.1) is 0 Å². The number of para-hydroxylation sites is 2. The van der Waals surface area contributed by atoms with Gasteiger partial charge in [-0.25, -0.2) is 4.57 Å². The van der Waals surface area contributed by atoms with Crippen LogP contribution in [0.2, 0.25) is 10.0 Å². The number of hydrogen-bond donors (Lipinski definition) is 1. The van der Waals surface area contributed by atoms with Gasteiger partial charge in [-0.2, -0.15) is 0 Å². The van der Waals surface area contributed by atoms with Crippen molar-refractivity contribution in [2.24, 2.45) is 0 Å². The molecule has 0 fully saturated rings. The van der Waals surface area contributed by atoms with E-state index in [0.29, 0.717) is 43.3 Å². The SMILES string of the molecule is O=C(CSc1nnc2n(-c3ccccc3)c(=O)c3ccccc3n12)Nc1cc(Cl)cc(Cl)c1. The summed E-state index contributed by atoms with van der Waals surface area (Å²) >= 11 is 13.2. The van der Waals surface area contributed by atoms with Crippen LogP contribution in [0.5, 0.6) is 0 Å². The van der Waals surface area contributed by atoms with Crippen molar-refractivity contribution in [1.29, 1.82) is 0 Å². The third-order valence-corrected chi connectivity index (χ3v) is 6.25. The molecule has 0 radical (unpaired) electrons. The number of anilines is 1. The monoisotopic (exact) mass is 495 g/mol. The summed E-state index contributed by atoms with van der Waals surface area (Å²) in [5.41, 5.74) is 1.66. The van der Waals surface area contributed by atoms with Crippen LogP contribution < -0.4 is 10.9 Å². The van der Waals surface area contributed by atoms with E-state index in [1.165, 1.54) is 16.3 Å². The van der Waals surface area contributed by atoms with Crippen LogP contribution in [0.4, 0.5) is 5.69 Å². The minimum absolute atomic E-state index is 0.0731. The predicted octanol–water partition coefficient (Wildman–Crippen LogP) is 5.07. The maximum atomic E-state index is 13.3. The van der Waals surface area contributed by atoms with Crippen LogP contribution in [-0.2, 0) is 4.79 Å². The first-order chi connectivity index (χ1) is 16.0. The largest absolute Gasteiger partial charge is 0.325 e. The second kappa shape index (κ2) is 8.90. The first-order valence-corrected chi connectivity index (χ1v) is 11.6. The molecule has 2 heterocycles. The Morgan fingerprint density at radius 3 is 2.39 bits per heavy atom. The first-order valence-electron chi connectivity index (χ1n) is 9.84. The molecule has 0 spiro atoms. The first kappa shape index (κ1) is 21.5. The lowest BCUT2D eigenvalue weighted by atomic mass is 10.2. The molecule has 0 bridgehead atoms. The summed E-state index contributed by atoms with van der Waals surface area (Å²) in [5, 5.41) is 13.2. The zero-order valence-corrected chi connectivity index (χ0v) is 19.2. The van der Waals surface area contributed by atoms with Gasteiger partial charge in [0, 0.05) is 15.7 Å². The van der Waals surface area contributed by atoms with Gasteiger partial charge in [-0.05, 0) is 42.5 Å². The molecule has 10 heteroatoms. The molecule has 33 heavy (non-hydrogen) atoms. The van der Waals surface area contributed by atoms with E-state index in [0.717, 1.165) is 0 Å². The van der Waals surface area contributed by atoms with Crippen LogP contribution in [0.15, 0.2) is 82.7 Å². The third-order valence-electron chi connectivity index (χ3n) is 4.89. The molecule has 5 aromatic rings. The number of thioether (sulfide) groups is 1. The highest BCUT2D eigenvalue weighted by Gasteiger charge is 2.18. The number of amides is 1. The van der Waals surface area contributed by atoms with E-state index in [1.807, 2.05) is 48.5 Å². The Bertz CT molecular complexity index is 1550. The number of nitrogens with one attached hydrogen (secondary N) is 1. The predicted molar refractivity (Wildman–Crippen MR) is 132 cm³/mol. The number of hydrogen-bond acceptors (Lipinski definition) is 5. The highest BCUT2D eigenvalue weighted by atomic mass is 35.5. The number of halogens is 2. The molecule has 0 atom stereocenters. The molecule has 0 unspecified atom stereocenters. The molecule has 0 aliphatic carbocycles. The van der Waals surface area contributed by atoms with Gasteiger partial charge in [0.25, 0.3) is 5.56 Å². The van der Waals surface area contributed by atoms with Gasteiger partial charge >= 0.3 is 0 Å². The lowest BCUT2D eigenvalue weighted by molar-refractivity contribution is -0.113. The zero-order valence-electron chi connectivity index (χ0n) is 16.9. The fourth-order valence-corrected chi connectivity index (χ4v) is 4.80. The van der Waals surface area contributed by atoms with Gasteiger partial charge in [0.15, 0.2) is 5.16 Å². The number of nitrogens with zero attached hydrogens (tertiary/aromatic N) is 4. The summed E-state index contributed by atoms with van der Waals surface area (Å²) in [4.78, 5) is 25.8. The Morgan fingerprint density at radius 2 is 1.64 bits per heavy atom. The molecule has 0 aliphatic rings. The molecule has 164 valence electrons. The quantitative estimate of drug-likeness (QED) is 0.344. The maximum absolute atomic E-state index is 13.3. The highest BCUT2D eigenvalue weighted by molar-refractivity contribution is 7.99. The van der Waals surface area contributed by atoms with Crippen molar-refractivity contribution >= 4 is 63.2 Å². The van der Waals surface area contributed by atoms with Gasteiger partial charge in [-0.15, -0.1) is 10.2 Å². The van der Waals surface area contributed by atoms with Gasteiger partial charge < -0.3 is 5.32 Å². The van der Waals surface area contributed by atoms with E-state index in [9.17, 15) is 9.59 Å². The zero-order chi connectivity index (χ0) is 22.9. The smallest absolute Gasteiger partial charge is 0.267 e. The van der Waals surface area contributed by atoms with E-state index >= 15 is 0 Å². The Hall–Kier alpha value is -3.33. The Balaban J connectivity index is 1.53. The Kier molecular flexibility index (Phi) is 5.80. The average molecular weight is 496 g/mol. The highest BCUT2D eigenvalue weighted by Crippen LogP contribution is 2.25. The van der Waals surface area contributed by atoms with Crippen LogP contribution in [0.3, 0.4) is 0 Å². The number of aromatic nitrogens is 4. The van der Waals surface area contributed by atoms with Gasteiger partial charge in [0.1, 0.15) is 0 Å². The fourth-order valence-electron chi connectivity index (χ4n) is 3.54. The average Bonchev–Trinajstić information content (AvgIpc) is 3.22. The molecular weight excluding hydrogens is 481 g/mol. The lowest BCUT2D eigenvalue weighted by Crippen LogP contribution is -2.21. The molecule has 0 aliphatic heterocycles. The van der Waals surface area contributed by atoms with Gasteiger partial charge in [0.2, 0.25) is 11.7 Å². The summed E-state index contributed by atoms with van der Waals surface area (Å²) in [6, 6.07) is 21.3. The molecule has 3 aromatic carbocycles. The number of fused-ring (bicyclic) bond motifs is 3. The fraction of sp³-hybridized carbons (Fsp3) is 0.0435. The number of carbonyl (C=O) groups is 1. The lowest BCUT2D eigenvalue weighted by Gasteiger charge is -2.11. The van der Waals surface area contributed by atoms with Gasteiger partial charge in [-0.3, -0.25) is 14.0 Å². The van der Waals surface area contributed by atoms with E-state index in [2.05, 4.69) is 15.5 Å². The van der Waals surface area contributed by atoms with Gasteiger partial charge in [0.05, 0.1) is 22.3 Å². The third kappa shape index (κ3) is 4.20. The van der Waals surface area contributed by atoms with E-state index in [1.54, 1.807) is 28.7 Å². The molecule has 1 amide bonds. The van der Waals surface area contributed by atoms with E-state index < -0.39 is 0 Å². The van der Waals surface area contributed by atoms with Gasteiger partial charge in [-0.1, -0.05) is 65.3 Å². The van der Waals surface area contributed by atoms with E-state index in [-0.39, 0.29) is 17.2 Å². The Labute approximate surface area is 202 Å². The molecule has 0 saturated carbocycles. The molecule has 5 rings (SSSR count). The number of rotatable bonds is 5. The summed E-state index contributed by atoms with van der Waals surface area (Å²) in [6.45, 7) is 0. The molecule has 1 N–H and O–H groups in total. The minimum Gasteiger partial charge on any atom is -0.325 e. The maximum Gasteiger partial charge on any atom is 0.267 e. The van der Waals surface area contributed by atoms with Crippen LogP contribution in [0.1, 0.15) is 0 Å². The molecule has 2 aromatic heterocycles. The van der Waals surface area contributed by atoms with Crippen molar-refractivity contribution in [3.8, 4) is 5.69 Å². The van der Waals surface area contributed by atoms with Crippen molar-refractivity contribution in [3.63, 3.8) is 0 Å². The van der Waals surface area contributed by atoms with Crippen LogP contribution in [0.25, 0.3) is 22.4 Å². The minimum atomic E-state index is -0.254. The van der Waals surface area contributed by atoms with Crippen molar-refractivity contribution < 1.29 is 4.79 Å². The summed E-state index contributed by atoms with van der Waals surface area (Å²) < 4.78 is 3.31. The van der Waals surface area contributed by atoms with Crippen molar-refractivity contribution in [3.05, 3.63) is 93.2 Å². The molecular formula is C23H15Cl2N5O2S. The standard InChI is InChI=1S/C23H15Cl2N5O2S/c24-14-10-15(25)12-16(11-14)26-20(31)13-33-23-28-27-22-29(17-6-2-1-3-7-17)21(32)18-8-4-5-9-19(18)30(22)23/h1-12H,13H2,(H,26,31). The molecule has 7 nitrogen and oxygen atoms in total. The topological polar surface area (TPSA) is 81.3 Å². The second-order valence-electron chi connectivity index (χ2n) is 7.11. The normalized spacial score (nSPS) is 11.2. The van der Waals surface area contributed by atoms with Crippen LogP contribution in [-0.4, -0.2) is 30.8 Å². The van der Waals surface area contributed by atoms with Crippen molar-refractivity contribution in [1.82, 2.24) is 19.2 Å². The van der Waals surface area contributed by atoms with Crippen molar-refractivity contribution in [2.75, 3.05) is 11.1 Å². The molecule has 0 saturated heterocycles. The summed E-state index contributed by atoms with van der Waals surface area (Å²) in [6.07, 6.45) is 0. The summed E-state index contributed by atoms with van der Waals surface area (Å²) in [7, 11) is 0. The number of benzene rings is 3. The van der Waals surface area contributed by atoms with Crippen LogP contribution >= 0.6 is 35.0 Å². The van der Waals surface area contributed by atoms with E-state index in [4.69, 9.17) is 23.2 Å².